The zero-order valence-corrected chi connectivity index (χ0v) is 12.6. The maximum atomic E-state index is 4.62. The fourth-order valence-electron chi connectivity index (χ4n) is 2.42. The van der Waals surface area contributed by atoms with Crippen LogP contribution in [0, 0.1) is 0 Å². The minimum atomic E-state index is 1.00. The van der Waals surface area contributed by atoms with Crippen LogP contribution in [0.3, 0.4) is 0 Å². The summed E-state index contributed by atoms with van der Waals surface area (Å²) in [5.74, 6) is 0. The van der Waals surface area contributed by atoms with Crippen molar-refractivity contribution in [2.45, 2.75) is 0 Å². The summed E-state index contributed by atoms with van der Waals surface area (Å²) in [5.41, 5.74) is 5.65. The number of anilines is 1. The van der Waals surface area contributed by atoms with Gasteiger partial charge in [-0.15, -0.1) is 0 Å². The van der Waals surface area contributed by atoms with E-state index >= 15 is 0 Å². The van der Waals surface area contributed by atoms with Crippen LogP contribution in [0.4, 0.5) is 5.69 Å². The van der Waals surface area contributed by atoms with E-state index < -0.39 is 0 Å². The highest BCUT2D eigenvalue weighted by Crippen LogP contribution is 2.26. The summed E-state index contributed by atoms with van der Waals surface area (Å²) in [4.78, 5) is 2.10. The molecule has 0 amide bonds. The summed E-state index contributed by atoms with van der Waals surface area (Å²) in [6.07, 6.45) is 0. The highest BCUT2D eigenvalue weighted by molar-refractivity contribution is 5.70. The molecule has 3 aromatic rings. The van der Waals surface area contributed by atoms with Gasteiger partial charge in [0.2, 0.25) is 0 Å². The average Bonchev–Trinajstić information content (AvgIpc) is 2.90. The van der Waals surface area contributed by atoms with E-state index in [1.807, 2.05) is 44.0 Å². The molecule has 0 saturated heterocycles. The van der Waals surface area contributed by atoms with Gasteiger partial charge in [-0.1, -0.05) is 42.5 Å². The second-order valence-electron chi connectivity index (χ2n) is 5.35. The van der Waals surface area contributed by atoms with Crippen LogP contribution in [0.15, 0.2) is 60.7 Å². The van der Waals surface area contributed by atoms with Crippen molar-refractivity contribution in [1.29, 1.82) is 0 Å². The third-order valence-corrected chi connectivity index (χ3v) is 3.63. The summed E-state index contributed by atoms with van der Waals surface area (Å²) in [6.45, 7) is 0. The van der Waals surface area contributed by atoms with Crippen LogP contribution < -0.4 is 4.90 Å². The molecule has 0 aliphatic rings. The molecule has 0 unspecified atom stereocenters. The largest absolute Gasteiger partial charge is 0.378 e. The minimum absolute atomic E-state index is 1.00. The Morgan fingerprint density at radius 2 is 1.52 bits per heavy atom. The summed E-state index contributed by atoms with van der Waals surface area (Å²) < 4.78 is 1.94. The molecule has 2 aromatic carbocycles. The standard InChI is InChI=1S/C18H19N3/c1-20(2)16-11-9-15(10-12-16)18-13-17(19-21(18)3)14-7-5-4-6-8-14/h4-13H,1-3H3. The topological polar surface area (TPSA) is 21.1 Å². The molecule has 1 aromatic heterocycles. The van der Waals surface area contributed by atoms with Crippen molar-refractivity contribution in [2.24, 2.45) is 7.05 Å². The zero-order chi connectivity index (χ0) is 14.8. The molecule has 1 heterocycles. The molecule has 0 aliphatic carbocycles. The van der Waals surface area contributed by atoms with E-state index in [0.29, 0.717) is 0 Å². The van der Waals surface area contributed by atoms with E-state index in [2.05, 4.69) is 52.5 Å². The quantitative estimate of drug-likeness (QED) is 0.725. The SMILES string of the molecule is CN(C)c1ccc(-c2cc(-c3ccccc3)nn2C)cc1. The Balaban J connectivity index is 1.98. The third kappa shape index (κ3) is 2.68. The van der Waals surface area contributed by atoms with Crippen molar-refractivity contribution in [3.63, 3.8) is 0 Å². The first-order valence-corrected chi connectivity index (χ1v) is 7.02. The molecule has 3 heteroatoms. The average molecular weight is 277 g/mol. The first kappa shape index (κ1) is 13.4. The molecule has 0 bridgehead atoms. The van der Waals surface area contributed by atoms with Crippen LogP contribution in [0.5, 0.6) is 0 Å². The molecule has 0 N–H and O–H groups in total. The van der Waals surface area contributed by atoms with Crippen LogP contribution in [0.2, 0.25) is 0 Å². The normalized spacial score (nSPS) is 10.6. The van der Waals surface area contributed by atoms with Gasteiger partial charge in [0, 0.05) is 32.4 Å². The first-order valence-electron chi connectivity index (χ1n) is 7.02. The second kappa shape index (κ2) is 5.44. The molecular weight excluding hydrogens is 258 g/mol. The van der Waals surface area contributed by atoms with E-state index in [0.717, 1.165) is 17.0 Å². The van der Waals surface area contributed by atoms with E-state index in [1.54, 1.807) is 0 Å². The van der Waals surface area contributed by atoms with Gasteiger partial charge in [0.25, 0.3) is 0 Å². The summed E-state index contributed by atoms with van der Waals surface area (Å²) >= 11 is 0. The molecule has 0 radical (unpaired) electrons. The maximum absolute atomic E-state index is 4.62. The van der Waals surface area contributed by atoms with Crippen LogP contribution in [0.1, 0.15) is 0 Å². The molecule has 0 saturated carbocycles. The number of hydrogen-bond donors (Lipinski definition) is 0. The number of benzene rings is 2. The molecule has 0 aliphatic heterocycles. The van der Waals surface area contributed by atoms with Crippen LogP contribution >= 0.6 is 0 Å². The lowest BCUT2D eigenvalue weighted by atomic mass is 10.1. The van der Waals surface area contributed by atoms with Gasteiger partial charge >= 0.3 is 0 Å². The van der Waals surface area contributed by atoms with E-state index in [9.17, 15) is 0 Å². The lowest BCUT2D eigenvalue weighted by Gasteiger charge is -2.12. The number of hydrogen-bond acceptors (Lipinski definition) is 2. The maximum Gasteiger partial charge on any atom is 0.0929 e. The highest BCUT2D eigenvalue weighted by Gasteiger charge is 2.09. The lowest BCUT2D eigenvalue weighted by molar-refractivity contribution is 0.779. The van der Waals surface area contributed by atoms with Crippen molar-refractivity contribution in [3.05, 3.63) is 60.7 Å². The number of rotatable bonds is 3. The molecule has 0 atom stereocenters. The molecule has 106 valence electrons. The minimum Gasteiger partial charge on any atom is -0.378 e. The molecule has 3 nitrogen and oxygen atoms in total. The van der Waals surface area contributed by atoms with Crippen LogP contribution in [-0.2, 0) is 7.05 Å². The van der Waals surface area contributed by atoms with Gasteiger partial charge in [0.1, 0.15) is 0 Å². The first-order chi connectivity index (χ1) is 10.1. The Bertz CT molecular complexity index is 725. The fourth-order valence-corrected chi connectivity index (χ4v) is 2.42. The van der Waals surface area contributed by atoms with Gasteiger partial charge < -0.3 is 4.90 Å². The smallest absolute Gasteiger partial charge is 0.0929 e. The predicted molar refractivity (Wildman–Crippen MR) is 88.4 cm³/mol. The van der Waals surface area contributed by atoms with Gasteiger partial charge in [-0.25, -0.2) is 0 Å². The Kier molecular flexibility index (Phi) is 3.48. The zero-order valence-electron chi connectivity index (χ0n) is 12.6. The van der Waals surface area contributed by atoms with E-state index in [4.69, 9.17) is 0 Å². The summed E-state index contributed by atoms with van der Waals surface area (Å²) in [6, 6.07) is 20.9. The predicted octanol–water partition coefficient (Wildman–Crippen LogP) is 3.82. The van der Waals surface area contributed by atoms with Gasteiger partial charge in [-0.2, -0.15) is 5.10 Å². The Morgan fingerprint density at radius 3 is 2.14 bits per heavy atom. The van der Waals surface area contributed by atoms with Crippen molar-refractivity contribution < 1.29 is 0 Å². The van der Waals surface area contributed by atoms with Crippen molar-refractivity contribution in [3.8, 4) is 22.5 Å². The number of nitrogens with zero attached hydrogens (tertiary/aromatic N) is 3. The van der Waals surface area contributed by atoms with Gasteiger partial charge in [-0.3, -0.25) is 4.68 Å². The summed E-state index contributed by atoms with van der Waals surface area (Å²) in [5, 5.41) is 4.62. The third-order valence-electron chi connectivity index (χ3n) is 3.63. The molecule has 21 heavy (non-hydrogen) atoms. The monoisotopic (exact) mass is 277 g/mol. The second-order valence-corrected chi connectivity index (χ2v) is 5.35. The fraction of sp³-hybridized carbons (Fsp3) is 0.167. The Morgan fingerprint density at radius 1 is 0.857 bits per heavy atom. The molecular formula is C18H19N3. The number of aryl methyl sites for hydroxylation is 1. The molecule has 0 spiro atoms. The van der Waals surface area contributed by atoms with Gasteiger partial charge in [0.05, 0.1) is 11.4 Å². The Labute approximate surface area is 125 Å². The molecule has 0 fully saturated rings. The Hall–Kier alpha value is -2.55. The van der Waals surface area contributed by atoms with Gasteiger partial charge in [-0.05, 0) is 23.8 Å². The van der Waals surface area contributed by atoms with E-state index in [1.165, 1.54) is 11.3 Å². The van der Waals surface area contributed by atoms with Gasteiger partial charge in [0.15, 0.2) is 0 Å². The van der Waals surface area contributed by atoms with Crippen molar-refractivity contribution >= 4 is 5.69 Å². The van der Waals surface area contributed by atoms with Crippen molar-refractivity contribution in [2.75, 3.05) is 19.0 Å². The van der Waals surface area contributed by atoms with Crippen molar-refractivity contribution in [1.82, 2.24) is 9.78 Å². The number of aromatic nitrogens is 2. The van der Waals surface area contributed by atoms with E-state index in [-0.39, 0.29) is 0 Å². The lowest BCUT2D eigenvalue weighted by Crippen LogP contribution is -2.08. The van der Waals surface area contributed by atoms with Crippen LogP contribution in [0.25, 0.3) is 22.5 Å². The summed E-state index contributed by atoms with van der Waals surface area (Å²) in [7, 11) is 6.08. The molecule has 3 rings (SSSR count). The highest BCUT2D eigenvalue weighted by atomic mass is 15.3. The van der Waals surface area contributed by atoms with Crippen LogP contribution in [-0.4, -0.2) is 23.9 Å².